The number of nitrogens with zero attached hydrogens (tertiary/aromatic N) is 2. The summed E-state index contributed by atoms with van der Waals surface area (Å²) in [6.07, 6.45) is 8.52. The minimum absolute atomic E-state index is 0. The van der Waals surface area contributed by atoms with Crippen LogP contribution in [-0.4, -0.2) is 61.0 Å². The van der Waals surface area contributed by atoms with Crippen molar-refractivity contribution in [2.75, 3.05) is 26.2 Å². The molecule has 2 rings (SSSR count). The average Bonchev–Trinajstić information content (AvgIpc) is 2.53. The van der Waals surface area contributed by atoms with Crippen LogP contribution in [-0.2, 0) is 14.3 Å². The number of piperidine rings is 1. The first-order valence-electron chi connectivity index (χ1n) is 8.13. The Bertz CT molecular complexity index is 492. The van der Waals surface area contributed by atoms with Gasteiger partial charge in [-0.15, -0.1) is 12.4 Å². The van der Waals surface area contributed by atoms with Gasteiger partial charge in [0.15, 0.2) is 0 Å². The van der Waals surface area contributed by atoms with Gasteiger partial charge in [0.1, 0.15) is 5.84 Å². The summed E-state index contributed by atoms with van der Waals surface area (Å²) in [7, 11) is 0. The number of carbonyl (C=O) groups excluding carboxylic acids is 1. The van der Waals surface area contributed by atoms with Crippen molar-refractivity contribution in [3.63, 3.8) is 0 Å². The molecule has 0 radical (unpaired) electrons. The predicted octanol–water partition coefficient (Wildman–Crippen LogP) is 1.51. The van der Waals surface area contributed by atoms with Crippen molar-refractivity contribution in [2.24, 2.45) is 10.7 Å². The van der Waals surface area contributed by atoms with Gasteiger partial charge in [0.2, 0.25) is 11.8 Å². The number of esters is 1. The number of allylic oxidation sites excluding steroid dienone is 1. The van der Waals surface area contributed by atoms with E-state index in [1.54, 1.807) is 12.2 Å². The third-order valence-electron chi connectivity index (χ3n) is 4.13. The normalized spacial score (nSPS) is 26.6. The molecule has 2 aliphatic rings. The number of halogens is 1. The van der Waals surface area contributed by atoms with E-state index in [-0.39, 0.29) is 18.2 Å². The Balaban J connectivity index is 0.00000288. The summed E-state index contributed by atoms with van der Waals surface area (Å²) in [4.78, 5) is 17.8. The zero-order valence-corrected chi connectivity index (χ0v) is 14.9. The summed E-state index contributed by atoms with van der Waals surface area (Å²) in [6.45, 7) is 4.96. The van der Waals surface area contributed by atoms with E-state index in [0.717, 1.165) is 26.1 Å². The van der Waals surface area contributed by atoms with Crippen LogP contribution in [0.3, 0.4) is 0 Å². The second kappa shape index (κ2) is 9.76. The molecule has 0 bridgehead atoms. The number of aliphatic imine (C=N–C) groups is 1. The van der Waals surface area contributed by atoms with E-state index >= 15 is 0 Å². The molecular formula is C16H27ClN4O3. The summed E-state index contributed by atoms with van der Waals surface area (Å²) in [6, 6.07) is 0. The molecule has 0 saturated carbocycles. The fraction of sp³-hybridized carbons (Fsp3) is 0.688. The molecule has 24 heavy (non-hydrogen) atoms. The molecule has 3 N–H and O–H groups in total. The molecule has 2 atom stereocenters. The van der Waals surface area contributed by atoms with Gasteiger partial charge in [-0.25, -0.2) is 4.99 Å². The lowest BCUT2D eigenvalue weighted by atomic mass is 9.97. The van der Waals surface area contributed by atoms with E-state index in [0.29, 0.717) is 6.61 Å². The maximum atomic E-state index is 11.3. The lowest BCUT2D eigenvalue weighted by molar-refractivity contribution is -0.156. The van der Waals surface area contributed by atoms with Crippen LogP contribution in [0.2, 0.25) is 0 Å². The van der Waals surface area contributed by atoms with Crippen molar-refractivity contribution in [1.29, 1.82) is 5.41 Å². The second-order valence-electron chi connectivity index (χ2n) is 5.93. The van der Waals surface area contributed by atoms with Crippen molar-refractivity contribution in [2.45, 2.75) is 44.4 Å². The predicted molar refractivity (Wildman–Crippen MR) is 95.9 cm³/mol. The van der Waals surface area contributed by atoms with Crippen molar-refractivity contribution in [3.8, 4) is 0 Å². The fourth-order valence-corrected chi connectivity index (χ4v) is 2.91. The van der Waals surface area contributed by atoms with E-state index in [1.165, 1.54) is 32.4 Å². The molecule has 2 unspecified atom stereocenters. The Labute approximate surface area is 149 Å². The van der Waals surface area contributed by atoms with Crippen LogP contribution in [0.15, 0.2) is 17.1 Å². The van der Waals surface area contributed by atoms with Crippen molar-refractivity contribution in [3.05, 3.63) is 12.2 Å². The van der Waals surface area contributed by atoms with Gasteiger partial charge in [-0.05, 0) is 44.5 Å². The molecule has 0 amide bonds. The van der Waals surface area contributed by atoms with Crippen molar-refractivity contribution in [1.82, 2.24) is 4.90 Å². The highest BCUT2D eigenvalue weighted by atomic mass is 35.5. The standard InChI is InChI=1S/C16H26N4O3.ClH/c1-13(21)23-15-16(14(17)18,7-5-8-19-15)22-12-6-11-20-9-3-2-4-10-20;/h5,7-8,15H,2-4,6,9-12H2,1H3,(H3,17,18);1H. The van der Waals surface area contributed by atoms with Gasteiger partial charge in [-0.1, -0.05) is 6.42 Å². The Kier molecular flexibility index (Phi) is 8.38. The molecule has 8 heteroatoms. The van der Waals surface area contributed by atoms with E-state index < -0.39 is 17.8 Å². The van der Waals surface area contributed by atoms with Crippen LogP contribution in [0.1, 0.15) is 32.6 Å². The molecule has 0 spiro atoms. The number of hydrogen-bond donors (Lipinski definition) is 2. The topological polar surface area (TPSA) is 101 Å². The Morgan fingerprint density at radius 3 is 2.75 bits per heavy atom. The van der Waals surface area contributed by atoms with Crippen LogP contribution < -0.4 is 5.73 Å². The third-order valence-corrected chi connectivity index (χ3v) is 4.13. The number of ether oxygens (including phenoxy) is 2. The first-order valence-corrected chi connectivity index (χ1v) is 8.13. The molecule has 1 saturated heterocycles. The van der Waals surface area contributed by atoms with Gasteiger partial charge >= 0.3 is 5.97 Å². The minimum atomic E-state index is -1.30. The van der Waals surface area contributed by atoms with Crippen LogP contribution in [0.5, 0.6) is 0 Å². The highest BCUT2D eigenvalue weighted by Gasteiger charge is 2.44. The summed E-state index contributed by atoms with van der Waals surface area (Å²) in [5, 5.41) is 7.87. The minimum Gasteiger partial charge on any atom is -0.436 e. The van der Waals surface area contributed by atoms with Crippen LogP contribution in [0.4, 0.5) is 0 Å². The molecule has 7 nitrogen and oxygen atoms in total. The number of nitrogens with one attached hydrogen (secondary N) is 1. The van der Waals surface area contributed by atoms with Crippen LogP contribution >= 0.6 is 12.4 Å². The molecule has 0 aromatic rings. The van der Waals surface area contributed by atoms with Gasteiger partial charge < -0.3 is 20.1 Å². The summed E-state index contributed by atoms with van der Waals surface area (Å²) < 4.78 is 11.1. The largest absolute Gasteiger partial charge is 0.436 e. The highest BCUT2D eigenvalue weighted by molar-refractivity contribution is 5.92. The first-order chi connectivity index (χ1) is 11.0. The summed E-state index contributed by atoms with van der Waals surface area (Å²) in [5.41, 5.74) is 4.42. The molecule has 1 fully saturated rings. The number of dihydropyridines is 1. The second-order valence-corrected chi connectivity index (χ2v) is 5.93. The number of amidine groups is 1. The zero-order valence-electron chi connectivity index (χ0n) is 14.1. The lowest BCUT2D eigenvalue weighted by Crippen LogP contribution is -2.55. The molecule has 2 heterocycles. The monoisotopic (exact) mass is 358 g/mol. The van der Waals surface area contributed by atoms with Crippen molar-refractivity contribution < 1.29 is 14.3 Å². The fourth-order valence-electron chi connectivity index (χ4n) is 2.91. The number of rotatable bonds is 7. The molecule has 0 aromatic carbocycles. The van der Waals surface area contributed by atoms with Gasteiger partial charge in [-0.3, -0.25) is 10.2 Å². The van der Waals surface area contributed by atoms with E-state index in [4.69, 9.17) is 20.6 Å². The van der Waals surface area contributed by atoms with Gasteiger partial charge in [0, 0.05) is 26.3 Å². The Hall–Kier alpha value is -1.44. The molecule has 0 aromatic heterocycles. The first kappa shape index (κ1) is 20.6. The zero-order chi connectivity index (χ0) is 16.7. The SMILES string of the molecule is CC(=O)OC1N=CC=CC1(OCCCN1CCCCC1)C(=N)N.Cl. The van der Waals surface area contributed by atoms with E-state index in [2.05, 4.69) is 9.89 Å². The van der Waals surface area contributed by atoms with Gasteiger partial charge in [0.05, 0.1) is 0 Å². The molecular weight excluding hydrogens is 332 g/mol. The van der Waals surface area contributed by atoms with Gasteiger partial charge in [0.25, 0.3) is 0 Å². The van der Waals surface area contributed by atoms with Crippen LogP contribution in [0.25, 0.3) is 0 Å². The third kappa shape index (κ3) is 5.29. The number of hydrogen-bond acceptors (Lipinski definition) is 6. The maximum Gasteiger partial charge on any atom is 0.304 e. The summed E-state index contributed by atoms with van der Waals surface area (Å²) >= 11 is 0. The quantitative estimate of drug-likeness (QED) is 0.311. The molecule has 0 aliphatic carbocycles. The Morgan fingerprint density at radius 2 is 2.12 bits per heavy atom. The number of carbonyl (C=O) groups is 1. The molecule has 136 valence electrons. The summed E-state index contributed by atoms with van der Waals surface area (Å²) in [5.74, 6) is -0.695. The maximum absolute atomic E-state index is 11.3. The van der Waals surface area contributed by atoms with Gasteiger partial charge in [-0.2, -0.15) is 0 Å². The van der Waals surface area contributed by atoms with Crippen molar-refractivity contribution >= 4 is 30.4 Å². The molecule has 2 aliphatic heterocycles. The number of nitrogens with two attached hydrogens (primary N) is 1. The van der Waals surface area contributed by atoms with Crippen LogP contribution in [0, 0.1) is 5.41 Å². The smallest absolute Gasteiger partial charge is 0.304 e. The van der Waals surface area contributed by atoms with E-state index in [1.807, 2.05) is 0 Å². The highest BCUT2D eigenvalue weighted by Crippen LogP contribution is 2.25. The average molecular weight is 359 g/mol. The number of likely N-dealkylation sites (tertiary alicyclic amines) is 1. The van der Waals surface area contributed by atoms with E-state index in [9.17, 15) is 4.79 Å². The Morgan fingerprint density at radius 1 is 1.42 bits per heavy atom. The lowest BCUT2D eigenvalue weighted by Gasteiger charge is -2.35.